The third kappa shape index (κ3) is 4.51. The average molecular weight is 335 g/mol. The van der Waals surface area contributed by atoms with Crippen molar-refractivity contribution in [3.63, 3.8) is 0 Å². The number of piperidine rings is 1. The maximum absolute atomic E-state index is 12.5. The maximum Gasteiger partial charge on any atom is 0.416 e. The molecule has 1 saturated heterocycles. The molecule has 1 heterocycles. The molecule has 3 rings (SSSR count). The number of hydrogen-bond donors (Lipinski definition) is 1. The Morgan fingerprint density at radius 1 is 0.875 bits per heavy atom. The van der Waals surface area contributed by atoms with Gasteiger partial charge >= 0.3 is 6.18 Å². The lowest BCUT2D eigenvalue weighted by molar-refractivity contribution is -0.137. The zero-order chi connectivity index (χ0) is 17.0. The highest BCUT2D eigenvalue weighted by Gasteiger charge is 2.30. The molecule has 1 aliphatic heterocycles. The van der Waals surface area contributed by atoms with Gasteiger partial charge in [-0.05, 0) is 80.2 Å². The van der Waals surface area contributed by atoms with Crippen molar-refractivity contribution in [3.8, 4) is 11.5 Å². The Morgan fingerprint density at radius 2 is 1.42 bits per heavy atom. The summed E-state index contributed by atoms with van der Waals surface area (Å²) in [6.07, 6.45) is -0.870. The van der Waals surface area contributed by atoms with E-state index < -0.39 is 11.7 Å². The van der Waals surface area contributed by atoms with Crippen molar-refractivity contribution in [1.29, 1.82) is 0 Å². The minimum atomic E-state index is -4.32. The first kappa shape index (κ1) is 16.8. The van der Waals surface area contributed by atoms with Gasteiger partial charge in [0.2, 0.25) is 0 Å². The lowest BCUT2D eigenvalue weighted by Gasteiger charge is -2.22. The lowest BCUT2D eigenvalue weighted by atomic mass is 9.91. The van der Waals surface area contributed by atoms with Gasteiger partial charge in [-0.25, -0.2) is 0 Å². The zero-order valence-electron chi connectivity index (χ0n) is 13.3. The molecule has 0 aromatic heterocycles. The molecule has 0 atom stereocenters. The largest absolute Gasteiger partial charge is 0.457 e. The van der Waals surface area contributed by atoms with E-state index in [1.165, 1.54) is 30.5 Å². The third-order valence-electron chi connectivity index (χ3n) is 4.32. The SMILES string of the molecule is FC(F)(F)c1ccc(Oc2ccc(CC3CCNCC3)cc2)cc1. The summed E-state index contributed by atoms with van der Waals surface area (Å²) in [4.78, 5) is 0. The molecular weight excluding hydrogens is 315 g/mol. The summed E-state index contributed by atoms with van der Waals surface area (Å²) in [6.45, 7) is 2.17. The molecule has 0 aliphatic carbocycles. The Labute approximate surface area is 139 Å². The van der Waals surface area contributed by atoms with E-state index in [1.54, 1.807) is 0 Å². The standard InChI is InChI=1S/C19H20F3NO/c20-19(21,22)16-3-7-18(8-4-16)24-17-5-1-14(2-6-17)13-15-9-11-23-12-10-15/h1-8,15,23H,9-13H2. The van der Waals surface area contributed by atoms with Gasteiger partial charge in [0.1, 0.15) is 11.5 Å². The summed E-state index contributed by atoms with van der Waals surface area (Å²) in [6, 6.07) is 12.5. The average Bonchev–Trinajstić information content (AvgIpc) is 2.57. The minimum Gasteiger partial charge on any atom is -0.457 e. The highest BCUT2D eigenvalue weighted by atomic mass is 19.4. The Kier molecular flexibility index (Phi) is 5.09. The van der Waals surface area contributed by atoms with Crippen LogP contribution in [-0.2, 0) is 12.6 Å². The Bertz CT molecular complexity index is 644. The highest BCUT2D eigenvalue weighted by molar-refractivity contribution is 5.35. The monoisotopic (exact) mass is 335 g/mol. The van der Waals surface area contributed by atoms with E-state index in [0.717, 1.165) is 31.6 Å². The summed E-state index contributed by atoms with van der Waals surface area (Å²) in [5.41, 5.74) is 0.592. The number of hydrogen-bond acceptors (Lipinski definition) is 2. The van der Waals surface area contributed by atoms with Gasteiger partial charge in [0.15, 0.2) is 0 Å². The van der Waals surface area contributed by atoms with E-state index in [9.17, 15) is 13.2 Å². The molecule has 128 valence electrons. The van der Waals surface area contributed by atoms with Crippen molar-refractivity contribution >= 4 is 0 Å². The number of ether oxygens (including phenoxy) is 1. The van der Waals surface area contributed by atoms with Crippen LogP contribution in [0.15, 0.2) is 48.5 Å². The molecule has 0 unspecified atom stereocenters. The normalized spacial score (nSPS) is 16.1. The van der Waals surface area contributed by atoms with E-state index in [4.69, 9.17) is 4.74 Å². The van der Waals surface area contributed by atoms with Gasteiger partial charge in [-0.1, -0.05) is 12.1 Å². The van der Waals surface area contributed by atoms with Gasteiger partial charge < -0.3 is 10.1 Å². The minimum absolute atomic E-state index is 0.397. The molecule has 0 saturated carbocycles. The summed E-state index contributed by atoms with van der Waals surface area (Å²) in [5, 5.41) is 3.36. The van der Waals surface area contributed by atoms with E-state index in [1.807, 2.05) is 24.3 Å². The van der Waals surface area contributed by atoms with Crippen LogP contribution in [0.2, 0.25) is 0 Å². The van der Waals surface area contributed by atoms with Crippen LogP contribution < -0.4 is 10.1 Å². The Balaban J connectivity index is 1.59. The van der Waals surface area contributed by atoms with Gasteiger partial charge in [0.05, 0.1) is 5.56 Å². The van der Waals surface area contributed by atoms with Gasteiger partial charge in [-0.3, -0.25) is 0 Å². The van der Waals surface area contributed by atoms with Crippen LogP contribution in [0.4, 0.5) is 13.2 Å². The second-order valence-electron chi connectivity index (χ2n) is 6.17. The van der Waals surface area contributed by atoms with E-state index in [2.05, 4.69) is 5.32 Å². The fourth-order valence-corrected chi connectivity index (χ4v) is 2.96. The zero-order valence-corrected chi connectivity index (χ0v) is 13.3. The first-order valence-electron chi connectivity index (χ1n) is 8.15. The molecular formula is C19H20F3NO. The lowest BCUT2D eigenvalue weighted by Crippen LogP contribution is -2.28. The van der Waals surface area contributed by atoms with Gasteiger partial charge in [0, 0.05) is 0 Å². The first-order valence-corrected chi connectivity index (χ1v) is 8.15. The number of alkyl halides is 3. The second-order valence-corrected chi connectivity index (χ2v) is 6.17. The summed E-state index contributed by atoms with van der Waals surface area (Å²) in [5.74, 6) is 1.74. The van der Waals surface area contributed by atoms with Crippen molar-refractivity contribution in [3.05, 3.63) is 59.7 Å². The first-order chi connectivity index (χ1) is 11.5. The van der Waals surface area contributed by atoms with E-state index in [0.29, 0.717) is 17.4 Å². The van der Waals surface area contributed by atoms with Crippen molar-refractivity contribution in [2.24, 2.45) is 5.92 Å². The molecule has 1 fully saturated rings. The molecule has 0 spiro atoms. The Hall–Kier alpha value is -2.01. The van der Waals surface area contributed by atoms with Crippen molar-refractivity contribution in [2.45, 2.75) is 25.4 Å². The fourth-order valence-electron chi connectivity index (χ4n) is 2.96. The summed E-state index contributed by atoms with van der Waals surface area (Å²) >= 11 is 0. The molecule has 5 heteroatoms. The molecule has 2 aromatic carbocycles. The molecule has 0 amide bonds. The van der Waals surface area contributed by atoms with Crippen LogP contribution in [0.25, 0.3) is 0 Å². The molecule has 1 N–H and O–H groups in total. The van der Waals surface area contributed by atoms with Crippen LogP contribution in [0.3, 0.4) is 0 Å². The number of benzene rings is 2. The summed E-state index contributed by atoms with van der Waals surface area (Å²) < 4.78 is 43.2. The quantitative estimate of drug-likeness (QED) is 0.845. The number of rotatable bonds is 4. The topological polar surface area (TPSA) is 21.3 Å². The second kappa shape index (κ2) is 7.26. The maximum atomic E-state index is 12.5. The van der Waals surface area contributed by atoms with Crippen LogP contribution >= 0.6 is 0 Å². The van der Waals surface area contributed by atoms with Crippen LogP contribution in [0, 0.1) is 5.92 Å². The van der Waals surface area contributed by atoms with E-state index >= 15 is 0 Å². The van der Waals surface area contributed by atoms with Gasteiger partial charge in [-0.2, -0.15) is 13.2 Å². The molecule has 24 heavy (non-hydrogen) atoms. The molecule has 1 aliphatic rings. The molecule has 0 radical (unpaired) electrons. The third-order valence-corrected chi connectivity index (χ3v) is 4.32. The molecule has 0 bridgehead atoms. The fraction of sp³-hybridized carbons (Fsp3) is 0.368. The van der Waals surface area contributed by atoms with Crippen molar-refractivity contribution in [1.82, 2.24) is 5.32 Å². The summed E-state index contributed by atoms with van der Waals surface area (Å²) in [7, 11) is 0. The predicted molar refractivity (Wildman–Crippen MR) is 87.3 cm³/mol. The van der Waals surface area contributed by atoms with Crippen LogP contribution in [0.1, 0.15) is 24.0 Å². The van der Waals surface area contributed by atoms with Gasteiger partial charge in [0.25, 0.3) is 0 Å². The predicted octanol–water partition coefficient (Wildman–Crippen LogP) is 5.04. The molecule has 2 nitrogen and oxygen atoms in total. The molecule has 2 aromatic rings. The van der Waals surface area contributed by atoms with Crippen molar-refractivity contribution < 1.29 is 17.9 Å². The van der Waals surface area contributed by atoms with Crippen molar-refractivity contribution in [2.75, 3.05) is 13.1 Å². The smallest absolute Gasteiger partial charge is 0.416 e. The van der Waals surface area contributed by atoms with E-state index in [-0.39, 0.29) is 0 Å². The van der Waals surface area contributed by atoms with Crippen LogP contribution in [-0.4, -0.2) is 13.1 Å². The Morgan fingerprint density at radius 3 is 1.96 bits per heavy atom. The van der Waals surface area contributed by atoms with Crippen LogP contribution in [0.5, 0.6) is 11.5 Å². The van der Waals surface area contributed by atoms with Gasteiger partial charge in [-0.15, -0.1) is 0 Å². The highest BCUT2D eigenvalue weighted by Crippen LogP contribution is 2.31. The number of halogens is 3. The number of nitrogens with one attached hydrogen (secondary N) is 1.